The first-order chi connectivity index (χ1) is 13.0. The largest absolute Gasteiger partial charge is 0.497 e. The number of nitro groups is 1. The van der Waals surface area contributed by atoms with Crippen LogP contribution in [0.4, 0.5) is 5.69 Å². The maximum Gasteiger partial charge on any atom is 0.291 e. The van der Waals surface area contributed by atoms with Crippen molar-refractivity contribution in [2.75, 3.05) is 7.11 Å². The summed E-state index contributed by atoms with van der Waals surface area (Å²) >= 11 is 0. The van der Waals surface area contributed by atoms with Crippen LogP contribution in [0.1, 0.15) is 5.56 Å². The molecule has 0 aliphatic carbocycles. The van der Waals surface area contributed by atoms with Gasteiger partial charge in [-0.05, 0) is 17.7 Å². The van der Waals surface area contributed by atoms with E-state index in [0.29, 0.717) is 16.8 Å². The van der Waals surface area contributed by atoms with E-state index < -0.39 is 4.92 Å². The van der Waals surface area contributed by atoms with E-state index in [2.05, 4.69) is 5.10 Å². The first kappa shape index (κ1) is 16.8. The van der Waals surface area contributed by atoms with Crippen molar-refractivity contribution in [1.29, 1.82) is 0 Å². The molecule has 8 nitrogen and oxygen atoms in total. The van der Waals surface area contributed by atoms with Crippen LogP contribution in [0.3, 0.4) is 0 Å². The van der Waals surface area contributed by atoms with E-state index in [4.69, 9.17) is 4.74 Å². The molecule has 8 heteroatoms. The highest BCUT2D eigenvalue weighted by Gasteiger charge is 2.15. The van der Waals surface area contributed by atoms with Gasteiger partial charge in [0, 0.05) is 36.0 Å². The van der Waals surface area contributed by atoms with Crippen LogP contribution in [0.5, 0.6) is 5.75 Å². The first-order valence-electron chi connectivity index (χ1n) is 8.25. The van der Waals surface area contributed by atoms with Crippen molar-refractivity contribution in [3.63, 3.8) is 0 Å². The molecule has 2 aromatic heterocycles. The number of aromatic nitrogens is 3. The van der Waals surface area contributed by atoms with E-state index in [-0.39, 0.29) is 17.8 Å². The third-order valence-electron chi connectivity index (χ3n) is 4.66. The molecule has 0 fully saturated rings. The zero-order valence-corrected chi connectivity index (χ0v) is 14.7. The van der Waals surface area contributed by atoms with Gasteiger partial charge in [-0.25, -0.2) is 4.68 Å². The van der Waals surface area contributed by atoms with Gasteiger partial charge in [-0.3, -0.25) is 14.9 Å². The topological polar surface area (TPSA) is 92.2 Å². The number of non-ortho nitro benzene ring substituents is 1. The normalized spacial score (nSPS) is 11.2. The second-order valence-corrected chi connectivity index (χ2v) is 6.24. The zero-order chi connectivity index (χ0) is 19.1. The summed E-state index contributed by atoms with van der Waals surface area (Å²) in [5.41, 5.74) is 1.77. The fourth-order valence-corrected chi connectivity index (χ4v) is 3.32. The number of hydrogen-bond donors (Lipinski definition) is 0. The molecular weight excluding hydrogens is 348 g/mol. The number of nitro benzene ring substituents is 1. The molecule has 2 heterocycles. The first-order valence-corrected chi connectivity index (χ1v) is 8.25. The molecule has 136 valence electrons. The molecule has 0 saturated heterocycles. The van der Waals surface area contributed by atoms with E-state index in [1.807, 2.05) is 29.8 Å². The van der Waals surface area contributed by atoms with Crippen molar-refractivity contribution in [1.82, 2.24) is 14.3 Å². The molecule has 0 atom stereocenters. The molecular formula is C19H16N4O4. The summed E-state index contributed by atoms with van der Waals surface area (Å²) in [5, 5.41) is 16.9. The predicted octanol–water partition coefficient (Wildman–Crippen LogP) is 2.85. The Hall–Kier alpha value is -3.68. The minimum Gasteiger partial charge on any atom is -0.497 e. The van der Waals surface area contributed by atoms with Crippen molar-refractivity contribution in [2.45, 2.75) is 6.54 Å². The van der Waals surface area contributed by atoms with Crippen LogP contribution >= 0.6 is 0 Å². The average Bonchev–Trinajstić information content (AvgIpc) is 2.96. The van der Waals surface area contributed by atoms with E-state index in [9.17, 15) is 14.9 Å². The molecule has 27 heavy (non-hydrogen) atoms. The molecule has 2 aromatic carbocycles. The lowest BCUT2D eigenvalue weighted by molar-refractivity contribution is -0.384. The van der Waals surface area contributed by atoms with Crippen LogP contribution in [0.25, 0.3) is 21.8 Å². The summed E-state index contributed by atoms with van der Waals surface area (Å²) in [7, 11) is 3.42. The smallest absolute Gasteiger partial charge is 0.291 e. The second-order valence-electron chi connectivity index (χ2n) is 6.24. The monoisotopic (exact) mass is 364 g/mol. The van der Waals surface area contributed by atoms with Crippen molar-refractivity contribution in [3.8, 4) is 5.75 Å². The zero-order valence-electron chi connectivity index (χ0n) is 14.7. The quantitative estimate of drug-likeness (QED) is 0.410. The molecule has 0 N–H and O–H groups in total. The third-order valence-corrected chi connectivity index (χ3v) is 4.66. The van der Waals surface area contributed by atoms with Crippen LogP contribution in [0.15, 0.2) is 53.5 Å². The summed E-state index contributed by atoms with van der Waals surface area (Å²) in [6, 6.07) is 11.8. The lowest BCUT2D eigenvalue weighted by atomic mass is 10.2. The van der Waals surface area contributed by atoms with Gasteiger partial charge in [-0.15, -0.1) is 0 Å². The summed E-state index contributed by atoms with van der Waals surface area (Å²) in [5.74, 6) is 0.707. The lowest BCUT2D eigenvalue weighted by Crippen LogP contribution is -2.24. The van der Waals surface area contributed by atoms with Crippen molar-refractivity contribution in [2.24, 2.45) is 7.05 Å². The molecule has 4 rings (SSSR count). The predicted molar refractivity (Wildman–Crippen MR) is 101 cm³/mol. The second kappa shape index (κ2) is 6.24. The van der Waals surface area contributed by atoms with Gasteiger partial charge in [0.1, 0.15) is 11.3 Å². The van der Waals surface area contributed by atoms with Gasteiger partial charge in [0.05, 0.1) is 30.3 Å². The molecule has 4 aromatic rings. The fourth-order valence-electron chi connectivity index (χ4n) is 3.32. The number of rotatable bonds is 4. The molecule has 0 saturated carbocycles. The highest BCUT2D eigenvalue weighted by molar-refractivity contribution is 6.07. The van der Waals surface area contributed by atoms with Gasteiger partial charge < -0.3 is 9.30 Å². The Bertz CT molecular complexity index is 1260. The molecule has 0 aliphatic heterocycles. The van der Waals surface area contributed by atoms with Crippen LogP contribution in [0.2, 0.25) is 0 Å². The SMILES string of the molecule is COc1ccc2c3cnn(Cc4cccc([N+](=O)[O-])c4)c(=O)c3n(C)c2c1. The number of nitrogens with zero attached hydrogens (tertiary/aromatic N) is 4. The van der Waals surface area contributed by atoms with Crippen LogP contribution in [0, 0.1) is 10.1 Å². The van der Waals surface area contributed by atoms with Crippen molar-refractivity contribution < 1.29 is 9.66 Å². The van der Waals surface area contributed by atoms with E-state index in [1.54, 1.807) is 25.4 Å². The lowest BCUT2D eigenvalue weighted by Gasteiger charge is -2.06. The third kappa shape index (κ3) is 2.71. The number of methoxy groups -OCH3 is 1. The van der Waals surface area contributed by atoms with Crippen molar-refractivity contribution in [3.05, 3.63) is 74.7 Å². The highest BCUT2D eigenvalue weighted by atomic mass is 16.6. The Morgan fingerprint density at radius 3 is 2.74 bits per heavy atom. The van der Waals surface area contributed by atoms with Gasteiger partial charge in [-0.1, -0.05) is 12.1 Å². The maximum absolute atomic E-state index is 13.0. The average molecular weight is 364 g/mol. The number of ether oxygens (including phenoxy) is 1. The summed E-state index contributed by atoms with van der Waals surface area (Å²) in [4.78, 5) is 23.5. The summed E-state index contributed by atoms with van der Waals surface area (Å²) < 4.78 is 8.41. The van der Waals surface area contributed by atoms with Gasteiger partial charge in [0.15, 0.2) is 0 Å². The Labute approximate surface area is 153 Å². The van der Waals surface area contributed by atoms with Gasteiger partial charge in [0.2, 0.25) is 0 Å². The van der Waals surface area contributed by atoms with E-state index in [0.717, 1.165) is 16.3 Å². The fraction of sp³-hybridized carbons (Fsp3) is 0.158. The number of benzene rings is 2. The molecule has 0 radical (unpaired) electrons. The van der Waals surface area contributed by atoms with Crippen LogP contribution < -0.4 is 10.3 Å². The number of hydrogen-bond acceptors (Lipinski definition) is 5. The van der Waals surface area contributed by atoms with Crippen molar-refractivity contribution >= 4 is 27.5 Å². The molecule has 0 spiro atoms. The summed E-state index contributed by atoms with van der Waals surface area (Å²) in [6.45, 7) is 0.154. The van der Waals surface area contributed by atoms with Gasteiger partial charge in [0.25, 0.3) is 11.2 Å². The van der Waals surface area contributed by atoms with E-state index >= 15 is 0 Å². The Morgan fingerprint density at radius 1 is 1.19 bits per heavy atom. The molecule has 0 bridgehead atoms. The molecule has 0 aliphatic rings. The molecule has 0 unspecified atom stereocenters. The minimum absolute atomic E-state index is 0.0154. The molecule has 0 amide bonds. The van der Waals surface area contributed by atoms with Crippen LogP contribution in [-0.4, -0.2) is 26.4 Å². The Kier molecular flexibility index (Phi) is 3.88. The Morgan fingerprint density at radius 2 is 2.00 bits per heavy atom. The van der Waals surface area contributed by atoms with E-state index in [1.165, 1.54) is 16.8 Å². The highest BCUT2D eigenvalue weighted by Crippen LogP contribution is 2.28. The number of fused-ring (bicyclic) bond motifs is 3. The summed E-state index contributed by atoms with van der Waals surface area (Å²) in [6.07, 6.45) is 1.66. The number of aryl methyl sites for hydroxylation is 1. The van der Waals surface area contributed by atoms with Gasteiger partial charge in [-0.2, -0.15) is 5.10 Å². The maximum atomic E-state index is 13.0. The minimum atomic E-state index is -0.458. The standard InChI is InChI=1S/C19H16N4O4/c1-21-17-9-14(27-2)6-7-15(17)16-10-20-22(19(24)18(16)21)11-12-4-3-5-13(8-12)23(25)26/h3-10H,11H2,1-2H3. The Balaban J connectivity index is 1.86. The van der Waals surface area contributed by atoms with Crippen LogP contribution in [-0.2, 0) is 13.6 Å². The van der Waals surface area contributed by atoms with Gasteiger partial charge >= 0.3 is 0 Å².